The van der Waals surface area contributed by atoms with Gasteiger partial charge in [0, 0.05) is 6.04 Å². The minimum absolute atomic E-state index is 0.0285. The topological polar surface area (TPSA) is 38.3 Å². The fraction of sp³-hybridized carbons (Fsp3) is 0.929. The third-order valence-corrected chi connectivity index (χ3v) is 3.90. The smallest absolute Gasteiger partial charge is 0.323 e. The molecule has 3 nitrogen and oxygen atoms in total. The van der Waals surface area contributed by atoms with Crippen LogP contribution in [-0.2, 0) is 9.53 Å². The first-order valence-electron chi connectivity index (χ1n) is 7.24. The molecule has 2 fully saturated rings. The zero-order valence-corrected chi connectivity index (χ0v) is 10.9. The highest BCUT2D eigenvalue weighted by Crippen LogP contribution is 2.34. The zero-order valence-electron chi connectivity index (χ0n) is 10.9. The van der Waals surface area contributed by atoms with Crippen LogP contribution in [0.1, 0.15) is 58.3 Å². The quantitative estimate of drug-likeness (QED) is 0.592. The largest absolute Gasteiger partial charge is 0.465 e. The van der Waals surface area contributed by atoms with Crippen LogP contribution in [-0.4, -0.2) is 24.7 Å². The Hall–Kier alpha value is -0.570. The Kier molecular flexibility index (Phi) is 4.84. The zero-order chi connectivity index (χ0) is 12.1. The highest BCUT2D eigenvalue weighted by molar-refractivity contribution is 5.76. The van der Waals surface area contributed by atoms with E-state index in [2.05, 4.69) is 5.32 Å². The van der Waals surface area contributed by atoms with Gasteiger partial charge in [-0.2, -0.15) is 0 Å². The summed E-state index contributed by atoms with van der Waals surface area (Å²) in [7, 11) is 0. The normalized spacial score (nSPS) is 24.1. The van der Waals surface area contributed by atoms with Gasteiger partial charge in [-0.1, -0.05) is 25.7 Å². The van der Waals surface area contributed by atoms with E-state index < -0.39 is 0 Å². The van der Waals surface area contributed by atoms with Crippen molar-refractivity contribution < 1.29 is 9.53 Å². The number of rotatable bonds is 5. The van der Waals surface area contributed by atoms with Crippen LogP contribution >= 0.6 is 0 Å². The van der Waals surface area contributed by atoms with Crippen molar-refractivity contribution >= 4 is 5.97 Å². The van der Waals surface area contributed by atoms with Crippen LogP contribution in [0, 0.1) is 5.92 Å². The Morgan fingerprint density at radius 2 is 1.82 bits per heavy atom. The molecule has 1 N–H and O–H groups in total. The van der Waals surface area contributed by atoms with Crippen LogP contribution < -0.4 is 5.32 Å². The molecule has 0 amide bonds. The average molecular weight is 239 g/mol. The summed E-state index contributed by atoms with van der Waals surface area (Å²) in [6, 6.07) is 0.505. The molecule has 0 aliphatic heterocycles. The van der Waals surface area contributed by atoms with Gasteiger partial charge in [0.2, 0.25) is 0 Å². The van der Waals surface area contributed by atoms with E-state index >= 15 is 0 Å². The highest BCUT2D eigenvalue weighted by atomic mass is 16.5. The summed E-state index contributed by atoms with van der Waals surface area (Å²) in [5.74, 6) is 0.511. The number of hydrogen-bond acceptors (Lipinski definition) is 3. The first-order valence-corrected chi connectivity index (χ1v) is 7.24. The second kappa shape index (κ2) is 6.39. The summed E-state index contributed by atoms with van der Waals surface area (Å²) in [6.07, 6.45) is 10.1. The number of hydrogen-bond donors (Lipinski definition) is 1. The predicted molar refractivity (Wildman–Crippen MR) is 67.8 cm³/mol. The summed E-state index contributed by atoms with van der Waals surface area (Å²) in [5, 5.41) is 3.57. The van der Waals surface area contributed by atoms with Gasteiger partial charge in [-0.05, 0) is 38.5 Å². The fourth-order valence-electron chi connectivity index (χ4n) is 2.76. The van der Waals surface area contributed by atoms with Crippen molar-refractivity contribution in [3.8, 4) is 0 Å². The summed E-state index contributed by atoms with van der Waals surface area (Å²) >= 11 is 0. The first kappa shape index (κ1) is 12.9. The number of ether oxygens (including phenoxy) is 1. The second-order valence-corrected chi connectivity index (χ2v) is 5.42. The molecule has 0 aromatic carbocycles. The molecule has 3 heteroatoms. The van der Waals surface area contributed by atoms with Crippen LogP contribution in [0.25, 0.3) is 0 Å². The number of esters is 1. The van der Waals surface area contributed by atoms with E-state index in [0.29, 0.717) is 18.6 Å². The lowest BCUT2D eigenvalue weighted by atomic mass is 10.1. The minimum atomic E-state index is -0.0296. The second-order valence-electron chi connectivity index (χ2n) is 5.42. The van der Waals surface area contributed by atoms with Crippen molar-refractivity contribution in [1.29, 1.82) is 0 Å². The van der Waals surface area contributed by atoms with Crippen molar-refractivity contribution in [3.05, 3.63) is 0 Å². The van der Waals surface area contributed by atoms with E-state index in [1.807, 2.05) is 6.92 Å². The highest BCUT2D eigenvalue weighted by Gasteiger charge is 2.38. The van der Waals surface area contributed by atoms with E-state index in [9.17, 15) is 4.79 Å². The van der Waals surface area contributed by atoms with E-state index in [-0.39, 0.29) is 12.0 Å². The first-order chi connectivity index (χ1) is 8.31. The molecular weight excluding hydrogens is 214 g/mol. The van der Waals surface area contributed by atoms with Gasteiger partial charge in [0.05, 0.1) is 6.61 Å². The molecule has 2 rings (SSSR count). The standard InChI is InChI=1S/C14H25NO2/c1-2-17-14(16)13(11-9-10-11)15-12-7-5-3-4-6-8-12/h11-13,15H,2-10H2,1H3. The Morgan fingerprint density at radius 3 is 2.35 bits per heavy atom. The SMILES string of the molecule is CCOC(=O)C(NC1CCCCCC1)C1CC1. The van der Waals surface area contributed by atoms with Crippen molar-refractivity contribution in [2.75, 3.05) is 6.61 Å². The van der Waals surface area contributed by atoms with E-state index in [0.717, 1.165) is 0 Å². The molecule has 1 unspecified atom stereocenters. The van der Waals surface area contributed by atoms with Crippen LogP contribution in [0.4, 0.5) is 0 Å². The van der Waals surface area contributed by atoms with Crippen molar-refractivity contribution in [1.82, 2.24) is 5.32 Å². The van der Waals surface area contributed by atoms with Gasteiger partial charge in [-0.15, -0.1) is 0 Å². The molecule has 0 heterocycles. The van der Waals surface area contributed by atoms with E-state index in [4.69, 9.17) is 4.74 Å². The average Bonchev–Trinajstić information content (AvgIpc) is 3.14. The Balaban J connectivity index is 1.85. The van der Waals surface area contributed by atoms with Gasteiger partial charge >= 0.3 is 5.97 Å². The third-order valence-electron chi connectivity index (χ3n) is 3.90. The van der Waals surface area contributed by atoms with Gasteiger partial charge in [-0.25, -0.2) is 0 Å². The molecule has 0 bridgehead atoms. The monoisotopic (exact) mass is 239 g/mol. The molecule has 0 aromatic rings. The number of carbonyl (C=O) groups is 1. The molecule has 2 aliphatic rings. The van der Waals surface area contributed by atoms with E-state index in [1.165, 1.54) is 51.4 Å². The van der Waals surface area contributed by atoms with Crippen LogP contribution in [0.15, 0.2) is 0 Å². The van der Waals surface area contributed by atoms with Gasteiger partial charge < -0.3 is 10.1 Å². The molecule has 0 aromatic heterocycles. The third kappa shape index (κ3) is 3.98. The molecule has 0 radical (unpaired) electrons. The van der Waals surface area contributed by atoms with Crippen LogP contribution in [0.5, 0.6) is 0 Å². The van der Waals surface area contributed by atoms with Gasteiger partial charge in [0.25, 0.3) is 0 Å². The number of carbonyl (C=O) groups excluding carboxylic acids is 1. The molecule has 17 heavy (non-hydrogen) atoms. The molecule has 2 aliphatic carbocycles. The Labute approximate surface area is 104 Å². The van der Waals surface area contributed by atoms with Crippen LogP contribution in [0.3, 0.4) is 0 Å². The summed E-state index contributed by atoms with van der Waals surface area (Å²) in [4.78, 5) is 11.9. The maximum atomic E-state index is 11.9. The lowest BCUT2D eigenvalue weighted by molar-refractivity contribution is -0.146. The fourth-order valence-corrected chi connectivity index (χ4v) is 2.76. The maximum absolute atomic E-state index is 11.9. The lowest BCUT2D eigenvalue weighted by Crippen LogP contribution is -2.45. The Morgan fingerprint density at radius 1 is 1.18 bits per heavy atom. The summed E-state index contributed by atoms with van der Waals surface area (Å²) in [5.41, 5.74) is 0. The van der Waals surface area contributed by atoms with Gasteiger partial charge in [0.1, 0.15) is 6.04 Å². The lowest BCUT2D eigenvalue weighted by Gasteiger charge is -2.23. The summed E-state index contributed by atoms with van der Waals surface area (Å²) < 4.78 is 5.18. The number of nitrogens with one attached hydrogen (secondary N) is 1. The van der Waals surface area contributed by atoms with Crippen molar-refractivity contribution in [3.63, 3.8) is 0 Å². The van der Waals surface area contributed by atoms with Gasteiger partial charge in [0.15, 0.2) is 0 Å². The van der Waals surface area contributed by atoms with E-state index in [1.54, 1.807) is 0 Å². The van der Waals surface area contributed by atoms with Crippen molar-refractivity contribution in [2.45, 2.75) is 70.4 Å². The van der Waals surface area contributed by atoms with Crippen molar-refractivity contribution in [2.24, 2.45) is 5.92 Å². The summed E-state index contributed by atoms with van der Waals surface area (Å²) in [6.45, 7) is 2.38. The maximum Gasteiger partial charge on any atom is 0.323 e. The van der Waals surface area contributed by atoms with Gasteiger partial charge in [-0.3, -0.25) is 4.79 Å². The Bertz CT molecular complexity index is 243. The van der Waals surface area contributed by atoms with Crippen LogP contribution in [0.2, 0.25) is 0 Å². The molecular formula is C14H25NO2. The molecule has 98 valence electrons. The predicted octanol–water partition coefficient (Wildman–Crippen LogP) is 2.64. The minimum Gasteiger partial charge on any atom is -0.465 e. The molecule has 2 saturated carbocycles. The molecule has 1 atom stereocenters. The molecule has 0 spiro atoms. The molecule has 0 saturated heterocycles.